The van der Waals surface area contributed by atoms with Crippen molar-refractivity contribution in [1.82, 2.24) is 9.78 Å². The Morgan fingerprint density at radius 3 is 2.59 bits per heavy atom. The Kier molecular flexibility index (Phi) is 5.28. The number of methoxy groups -OCH3 is 1. The molecule has 2 aliphatic rings. The van der Waals surface area contributed by atoms with Crippen LogP contribution in [0.5, 0.6) is 11.5 Å². The van der Waals surface area contributed by atoms with E-state index in [9.17, 15) is 14.4 Å². The Hall–Kier alpha value is -4.20. The molecule has 2 aromatic carbocycles. The van der Waals surface area contributed by atoms with Gasteiger partial charge in [-0.1, -0.05) is 12.1 Å². The molecule has 172 valence electrons. The molecular formula is C26H22N2O6. The zero-order valence-corrected chi connectivity index (χ0v) is 18.9. The highest BCUT2D eigenvalue weighted by Crippen LogP contribution is 2.49. The molecule has 34 heavy (non-hydrogen) atoms. The number of hydrogen-bond donors (Lipinski definition) is 0. The molecule has 0 amide bonds. The Labute approximate surface area is 195 Å². The smallest absolute Gasteiger partial charge is 0.337 e. The summed E-state index contributed by atoms with van der Waals surface area (Å²) in [6.07, 6.45) is 3.44. The molecule has 1 unspecified atom stereocenters. The third-order valence-electron chi connectivity index (χ3n) is 5.96. The molecule has 5 rings (SSSR count). The lowest BCUT2D eigenvalue weighted by Crippen LogP contribution is -2.24. The molecule has 0 N–H and O–H groups in total. The largest absolute Gasteiger partial charge is 0.465 e. The number of carbonyl (C=O) groups is 3. The number of rotatable bonds is 4. The molecule has 0 radical (unpaired) electrons. The van der Waals surface area contributed by atoms with Crippen molar-refractivity contribution in [2.45, 2.75) is 32.2 Å². The maximum atomic E-state index is 13.1. The SMILES string of the molecule is COC(=O)c1ccc(C=C2Oc3c(ccc4c3C(c3ccnn3C(C)C)CC(=O)O4)C2=O)cc1. The Morgan fingerprint density at radius 2 is 1.88 bits per heavy atom. The first-order valence-electron chi connectivity index (χ1n) is 10.9. The summed E-state index contributed by atoms with van der Waals surface area (Å²) in [4.78, 5) is 37.2. The fraction of sp³-hybridized carbons (Fsp3) is 0.231. The molecule has 0 saturated carbocycles. The van der Waals surface area contributed by atoms with Gasteiger partial charge in [0.25, 0.3) is 0 Å². The van der Waals surface area contributed by atoms with E-state index in [0.717, 1.165) is 5.69 Å². The Bertz CT molecular complexity index is 1350. The minimum atomic E-state index is -0.437. The van der Waals surface area contributed by atoms with Gasteiger partial charge in [-0.25, -0.2) is 4.79 Å². The Morgan fingerprint density at radius 1 is 1.12 bits per heavy atom. The van der Waals surface area contributed by atoms with E-state index in [4.69, 9.17) is 14.2 Å². The number of allylic oxidation sites excluding steroid dienone is 1. The van der Waals surface area contributed by atoms with Crippen molar-refractivity contribution < 1.29 is 28.6 Å². The number of benzene rings is 2. The molecule has 0 aliphatic carbocycles. The van der Waals surface area contributed by atoms with Gasteiger partial charge in [0, 0.05) is 29.4 Å². The summed E-state index contributed by atoms with van der Waals surface area (Å²) >= 11 is 0. The van der Waals surface area contributed by atoms with Gasteiger partial charge in [0.15, 0.2) is 5.76 Å². The van der Waals surface area contributed by atoms with E-state index < -0.39 is 5.97 Å². The number of hydrogen-bond acceptors (Lipinski definition) is 7. The molecule has 1 aromatic heterocycles. The highest BCUT2D eigenvalue weighted by molar-refractivity contribution is 6.15. The van der Waals surface area contributed by atoms with Crippen LogP contribution < -0.4 is 9.47 Å². The van der Waals surface area contributed by atoms with Crippen LogP contribution in [0, 0.1) is 0 Å². The van der Waals surface area contributed by atoms with Crippen molar-refractivity contribution in [1.29, 1.82) is 0 Å². The molecule has 2 aliphatic heterocycles. The van der Waals surface area contributed by atoms with E-state index in [1.165, 1.54) is 7.11 Å². The van der Waals surface area contributed by atoms with Crippen LogP contribution in [0.2, 0.25) is 0 Å². The molecule has 0 saturated heterocycles. The standard InChI is InChI=1S/C26H22N2O6/c1-14(2)28-19(10-11-27-28)18-13-22(29)33-20-9-8-17-24(30)21(34-25(17)23(18)20)12-15-4-6-16(7-5-15)26(31)32-3/h4-12,14,18H,13H2,1-3H3. The quantitative estimate of drug-likeness (QED) is 0.327. The summed E-state index contributed by atoms with van der Waals surface area (Å²) in [5, 5.41) is 4.41. The second kappa shape index (κ2) is 8.30. The first kappa shape index (κ1) is 21.6. The molecule has 3 heterocycles. The molecule has 8 nitrogen and oxygen atoms in total. The Balaban J connectivity index is 1.55. The average Bonchev–Trinajstić information content (AvgIpc) is 3.44. The van der Waals surface area contributed by atoms with Crippen molar-refractivity contribution in [3.8, 4) is 11.5 Å². The van der Waals surface area contributed by atoms with Crippen molar-refractivity contribution in [3.63, 3.8) is 0 Å². The molecule has 0 fully saturated rings. The van der Waals surface area contributed by atoms with Crippen LogP contribution in [0.4, 0.5) is 0 Å². The number of ether oxygens (including phenoxy) is 3. The zero-order chi connectivity index (χ0) is 24.0. The fourth-order valence-electron chi connectivity index (χ4n) is 4.38. The van der Waals surface area contributed by atoms with Crippen LogP contribution in [0.25, 0.3) is 6.08 Å². The highest BCUT2D eigenvalue weighted by Gasteiger charge is 2.39. The van der Waals surface area contributed by atoms with E-state index in [1.807, 2.05) is 24.6 Å². The summed E-state index contributed by atoms with van der Waals surface area (Å²) in [5.74, 6) is -0.470. The number of esters is 2. The van der Waals surface area contributed by atoms with Crippen molar-refractivity contribution in [2.24, 2.45) is 0 Å². The van der Waals surface area contributed by atoms with Crippen LogP contribution in [0.3, 0.4) is 0 Å². The van der Waals surface area contributed by atoms with Crippen LogP contribution >= 0.6 is 0 Å². The van der Waals surface area contributed by atoms with Gasteiger partial charge in [-0.05, 0) is 55.8 Å². The van der Waals surface area contributed by atoms with E-state index in [0.29, 0.717) is 33.8 Å². The van der Waals surface area contributed by atoms with Crippen LogP contribution in [0.1, 0.15) is 69.8 Å². The number of ketones is 1. The van der Waals surface area contributed by atoms with Gasteiger partial charge in [-0.3, -0.25) is 14.3 Å². The normalized spacial score (nSPS) is 17.9. The summed E-state index contributed by atoms with van der Waals surface area (Å²) in [7, 11) is 1.32. The van der Waals surface area contributed by atoms with Crippen LogP contribution in [-0.2, 0) is 9.53 Å². The zero-order valence-electron chi connectivity index (χ0n) is 18.9. The average molecular weight is 458 g/mol. The number of Topliss-reactive ketones (excluding diaryl/α,β-unsaturated/α-hetero) is 1. The molecule has 0 bridgehead atoms. The van der Waals surface area contributed by atoms with Crippen molar-refractivity contribution in [2.75, 3.05) is 7.11 Å². The maximum absolute atomic E-state index is 13.1. The van der Waals surface area contributed by atoms with E-state index >= 15 is 0 Å². The second-order valence-corrected chi connectivity index (χ2v) is 8.43. The van der Waals surface area contributed by atoms with E-state index in [-0.39, 0.29) is 35.9 Å². The van der Waals surface area contributed by atoms with Crippen molar-refractivity contribution >= 4 is 23.8 Å². The topological polar surface area (TPSA) is 96.7 Å². The van der Waals surface area contributed by atoms with Gasteiger partial charge in [0.2, 0.25) is 5.78 Å². The number of aromatic nitrogens is 2. The van der Waals surface area contributed by atoms with Gasteiger partial charge in [0.1, 0.15) is 11.5 Å². The van der Waals surface area contributed by atoms with Gasteiger partial charge < -0.3 is 14.2 Å². The van der Waals surface area contributed by atoms with Crippen molar-refractivity contribution in [3.05, 3.63) is 82.4 Å². The van der Waals surface area contributed by atoms with Crippen LogP contribution in [-0.4, -0.2) is 34.6 Å². The van der Waals surface area contributed by atoms with Gasteiger partial charge in [-0.2, -0.15) is 5.10 Å². The van der Waals surface area contributed by atoms with Gasteiger partial charge in [0.05, 0.1) is 24.7 Å². The predicted molar refractivity (Wildman–Crippen MR) is 122 cm³/mol. The summed E-state index contributed by atoms with van der Waals surface area (Å²) < 4.78 is 18.2. The second-order valence-electron chi connectivity index (χ2n) is 8.43. The molecule has 0 spiro atoms. The summed E-state index contributed by atoms with van der Waals surface area (Å²) in [6.45, 7) is 4.03. The number of nitrogens with zero attached hydrogens (tertiary/aromatic N) is 2. The molecule has 1 atom stereocenters. The summed E-state index contributed by atoms with van der Waals surface area (Å²) in [6, 6.07) is 11.9. The first-order chi connectivity index (χ1) is 16.4. The fourth-order valence-corrected chi connectivity index (χ4v) is 4.38. The number of carbonyl (C=O) groups excluding carboxylic acids is 3. The van der Waals surface area contributed by atoms with Gasteiger partial charge >= 0.3 is 11.9 Å². The van der Waals surface area contributed by atoms with E-state index in [2.05, 4.69) is 5.10 Å². The lowest BCUT2D eigenvalue weighted by Gasteiger charge is -2.27. The molecule has 8 heteroatoms. The third-order valence-corrected chi connectivity index (χ3v) is 5.96. The monoisotopic (exact) mass is 458 g/mol. The predicted octanol–water partition coefficient (Wildman–Crippen LogP) is 4.31. The van der Waals surface area contributed by atoms with Crippen LogP contribution in [0.15, 0.2) is 54.4 Å². The minimum Gasteiger partial charge on any atom is -0.465 e. The third kappa shape index (κ3) is 3.57. The molecular weight excluding hydrogens is 436 g/mol. The van der Waals surface area contributed by atoms with E-state index in [1.54, 1.807) is 48.7 Å². The van der Waals surface area contributed by atoms with Gasteiger partial charge in [-0.15, -0.1) is 0 Å². The lowest BCUT2D eigenvalue weighted by molar-refractivity contribution is -0.135. The summed E-state index contributed by atoms with van der Waals surface area (Å²) in [5.41, 5.74) is 3.03. The highest BCUT2D eigenvalue weighted by atomic mass is 16.5. The minimum absolute atomic E-state index is 0.0918. The first-order valence-corrected chi connectivity index (χ1v) is 10.9. The number of fused-ring (bicyclic) bond motifs is 3. The lowest BCUT2D eigenvalue weighted by atomic mass is 9.87. The maximum Gasteiger partial charge on any atom is 0.337 e. The molecule has 3 aromatic rings.